The maximum Gasteiger partial charge on any atom is 0.323 e. The van der Waals surface area contributed by atoms with E-state index in [0.717, 1.165) is 25.2 Å². The molecule has 0 unspecified atom stereocenters. The average molecular weight is 314 g/mol. The van der Waals surface area contributed by atoms with Crippen molar-refractivity contribution in [3.63, 3.8) is 0 Å². The van der Waals surface area contributed by atoms with Gasteiger partial charge in [-0.05, 0) is 25.0 Å². The molecule has 8 nitrogen and oxygen atoms in total. The van der Waals surface area contributed by atoms with E-state index in [1.54, 1.807) is 0 Å². The maximum absolute atomic E-state index is 11.7. The van der Waals surface area contributed by atoms with Gasteiger partial charge in [-0.3, -0.25) is 14.9 Å². The molecule has 0 aliphatic heterocycles. The molecule has 0 atom stereocenters. The van der Waals surface area contributed by atoms with Gasteiger partial charge in [0.1, 0.15) is 17.1 Å². The first-order chi connectivity index (χ1) is 9.71. The second-order valence-electron chi connectivity index (χ2n) is 4.91. The smallest absolute Gasteiger partial charge is 0.323 e. The van der Waals surface area contributed by atoms with Gasteiger partial charge < -0.3 is 10.0 Å². The number of carboxylic acids is 1. The van der Waals surface area contributed by atoms with E-state index >= 15 is 0 Å². The average Bonchev–Trinajstić information content (AvgIpc) is 3.17. The molecule has 1 saturated carbocycles. The van der Waals surface area contributed by atoms with E-state index in [-0.39, 0.29) is 11.7 Å². The first kappa shape index (κ1) is 15.2. The first-order valence-corrected chi connectivity index (χ1v) is 8.07. The molecular formula is C12H14N2O6S. The van der Waals surface area contributed by atoms with Gasteiger partial charge in [0.05, 0.1) is 4.92 Å². The van der Waals surface area contributed by atoms with Crippen molar-refractivity contribution in [2.45, 2.75) is 23.8 Å². The lowest BCUT2D eigenvalue weighted by Crippen LogP contribution is -2.32. The number of carboxylic acid groups (broad SMARTS) is 1. The zero-order valence-corrected chi connectivity index (χ0v) is 12.0. The van der Waals surface area contributed by atoms with Crippen LogP contribution in [0.2, 0.25) is 0 Å². The Morgan fingerprint density at radius 1 is 1.48 bits per heavy atom. The lowest BCUT2D eigenvalue weighted by Gasteiger charge is -2.22. The van der Waals surface area contributed by atoms with Crippen LogP contribution in [0.3, 0.4) is 0 Å². The van der Waals surface area contributed by atoms with Crippen molar-refractivity contribution in [3.05, 3.63) is 28.3 Å². The molecule has 0 saturated heterocycles. The van der Waals surface area contributed by atoms with Crippen molar-refractivity contribution in [2.75, 3.05) is 17.7 Å². The summed E-state index contributed by atoms with van der Waals surface area (Å²) in [6.45, 7) is -0.404. The molecule has 1 aliphatic carbocycles. The van der Waals surface area contributed by atoms with Crippen molar-refractivity contribution >= 4 is 27.2 Å². The van der Waals surface area contributed by atoms with Gasteiger partial charge in [0.2, 0.25) is 0 Å². The van der Waals surface area contributed by atoms with Gasteiger partial charge in [-0.15, -0.1) is 0 Å². The normalized spacial score (nSPS) is 14.7. The second-order valence-corrected chi connectivity index (χ2v) is 6.89. The Hall–Kier alpha value is -2.16. The summed E-state index contributed by atoms with van der Waals surface area (Å²) in [7, 11) is -3.78. The SMILES string of the molecule is CS(=O)(=O)c1cccc(N(CC(=O)O)C2CC2)c1[N+](=O)[O-]. The number of carbonyl (C=O) groups is 1. The van der Waals surface area contributed by atoms with Crippen molar-refractivity contribution in [3.8, 4) is 0 Å². The van der Waals surface area contributed by atoms with Crippen LogP contribution < -0.4 is 4.90 Å². The second kappa shape index (κ2) is 5.32. The highest BCUT2D eigenvalue weighted by molar-refractivity contribution is 7.90. The number of anilines is 1. The molecule has 1 fully saturated rings. The van der Waals surface area contributed by atoms with Crippen LogP contribution in [0, 0.1) is 10.1 Å². The fourth-order valence-corrected chi connectivity index (χ4v) is 3.02. The van der Waals surface area contributed by atoms with Crippen LogP contribution >= 0.6 is 0 Å². The van der Waals surface area contributed by atoms with Gasteiger partial charge in [0.15, 0.2) is 9.84 Å². The van der Waals surface area contributed by atoms with E-state index in [1.807, 2.05) is 0 Å². The van der Waals surface area contributed by atoms with Crippen molar-refractivity contribution < 1.29 is 23.2 Å². The zero-order chi connectivity index (χ0) is 15.8. The highest BCUT2D eigenvalue weighted by Gasteiger charge is 2.36. The van der Waals surface area contributed by atoms with Crippen LogP contribution in [-0.2, 0) is 14.6 Å². The van der Waals surface area contributed by atoms with Gasteiger partial charge in [-0.25, -0.2) is 8.42 Å². The van der Waals surface area contributed by atoms with E-state index in [9.17, 15) is 23.3 Å². The predicted molar refractivity (Wildman–Crippen MR) is 74.2 cm³/mol. The Balaban J connectivity index is 2.61. The molecule has 1 aliphatic rings. The highest BCUT2D eigenvalue weighted by atomic mass is 32.2. The minimum Gasteiger partial charge on any atom is -0.480 e. The minimum atomic E-state index is -3.78. The summed E-state index contributed by atoms with van der Waals surface area (Å²) in [5.41, 5.74) is -0.527. The molecule has 114 valence electrons. The molecule has 0 spiro atoms. The monoisotopic (exact) mass is 314 g/mol. The third-order valence-corrected chi connectivity index (χ3v) is 4.29. The Morgan fingerprint density at radius 3 is 2.52 bits per heavy atom. The van der Waals surface area contributed by atoms with E-state index in [1.165, 1.54) is 17.0 Å². The molecule has 21 heavy (non-hydrogen) atoms. The molecule has 0 aromatic heterocycles. The molecule has 9 heteroatoms. The van der Waals surface area contributed by atoms with Crippen LogP contribution in [0.4, 0.5) is 11.4 Å². The Kier molecular flexibility index (Phi) is 3.86. The third-order valence-electron chi connectivity index (χ3n) is 3.16. The van der Waals surface area contributed by atoms with Crippen molar-refractivity contribution in [1.29, 1.82) is 0 Å². The Bertz CT molecular complexity index is 696. The Labute approximate surface area is 121 Å². The standard InChI is InChI=1S/C12H14N2O6S/c1-21(19,20)10-4-2-3-9(12(10)14(17)18)13(7-11(15)16)8-5-6-8/h2-4,8H,5-7H2,1H3,(H,15,16). The summed E-state index contributed by atoms with van der Waals surface area (Å²) < 4.78 is 23.4. The first-order valence-electron chi connectivity index (χ1n) is 6.17. The number of hydrogen-bond donors (Lipinski definition) is 1. The number of rotatable bonds is 6. The summed E-state index contributed by atoms with van der Waals surface area (Å²) in [6, 6.07) is 3.82. The summed E-state index contributed by atoms with van der Waals surface area (Å²) in [6.07, 6.45) is 2.35. The lowest BCUT2D eigenvalue weighted by atomic mass is 10.2. The van der Waals surface area contributed by atoms with Crippen molar-refractivity contribution in [1.82, 2.24) is 0 Å². The van der Waals surface area contributed by atoms with E-state index in [4.69, 9.17) is 5.11 Å². The zero-order valence-electron chi connectivity index (χ0n) is 11.2. The van der Waals surface area contributed by atoms with Gasteiger partial charge in [0.25, 0.3) is 0 Å². The molecular weight excluding hydrogens is 300 g/mol. The number of nitrogens with zero attached hydrogens (tertiary/aromatic N) is 2. The van der Waals surface area contributed by atoms with Crippen LogP contribution in [-0.4, -0.2) is 43.3 Å². The minimum absolute atomic E-state index is 0.0350. The van der Waals surface area contributed by atoms with Gasteiger partial charge >= 0.3 is 11.7 Å². The predicted octanol–water partition coefficient (Wildman–Crippen LogP) is 1.05. The van der Waals surface area contributed by atoms with Crippen LogP contribution in [0.25, 0.3) is 0 Å². The van der Waals surface area contributed by atoms with E-state index in [0.29, 0.717) is 0 Å². The molecule has 0 amide bonds. The quantitative estimate of drug-likeness (QED) is 0.616. The van der Waals surface area contributed by atoms with Crippen LogP contribution in [0.15, 0.2) is 23.1 Å². The topological polar surface area (TPSA) is 118 Å². The summed E-state index contributed by atoms with van der Waals surface area (Å²) in [4.78, 5) is 22.4. The summed E-state index contributed by atoms with van der Waals surface area (Å²) in [5, 5.41) is 20.2. The molecule has 1 aromatic rings. The molecule has 0 heterocycles. The third kappa shape index (κ3) is 3.30. The number of benzene rings is 1. The van der Waals surface area contributed by atoms with Gasteiger partial charge in [-0.1, -0.05) is 6.07 Å². The van der Waals surface area contributed by atoms with E-state index in [2.05, 4.69) is 0 Å². The molecule has 0 radical (unpaired) electrons. The van der Waals surface area contributed by atoms with Gasteiger partial charge in [0, 0.05) is 12.3 Å². The number of sulfone groups is 1. The number of nitro groups is 1. The van der Waals surface area contributed by atoms with Crippen LogP contribution in [0.5, 0.6) is 0 Å². The maximum atomic E-state index is 11.7. The highest BCUT2D eigenvalue weighted by Crippen LogP contribution is 2.39. The number of nitro benzene ring substituents is 1. The Morgan fingerprint density at radius 2 is 2.10 bits per heavy atom. The fraction of sp³-hybridized carbons (Fsp3) is 0.417. The van der Waals surface area contributed by atoms with Crippen LogP contribution in [0.1, 0.15) is 12.8 Å². The number of aliphatic carboxylic acids is 1. The molecule has 1 N–H and O–H groups in total. The fourth-order valence-electron chi connectivity index (χ4n) is 2.17. The number of para-hydroxylation sites is 1. The van der Waals surface area contributed by atoms with Gasteiger partial charge in [-0.2, -0.15) is 0 Å². The molecule has 2 rings (SSSR count). The lowest BCUT2D eigenvalue weighted by molar-refractivity contribution is -0.387. The van der Waals surface area contributed by atoms with E-state index < -0.39 is 37.9 Å². The molecule has 1 aromatic carbocycles. The molecule has 0 bridgehead atoms. The summed E-state index contributed by atoms with van der Waals surface area (Å²) >= 11 is 0. The van der Waals surface area contributed by atoms with Crippen molar-refractivity contribution in [2.24, 2.45) is 0 Å². The largest absolute Gasteiger partial charge is 0.480 e. The number of hydrogen-bond acceptors (Lipinski definition) is 6. The summed E-state index contributed by atoms with van der Waals surface area (Å²) in [5.74, 6) is -1.12.